The van der Waals surface area contributed by atoms with E-state index in [1.165, 1.54) is 6.07 Å². The minimum absolute atomic E-state index is 0.0686. The van der Waals surface area contributed by atoms with Gasteiger partial charge in [-0.2, -0.15) is 0 Å². The third-order valence-corrected chi connectivity index (χ3v) is 3.84. The number of ether oxygens (including phenoxy) is 2. The van der Waals surface area contributed by atoms with E-state index in [9.17, 15) is 9.59 Å². The molecule has 0 fully saturated rings. The molecule has 0 radical (unpaired) electrons. The number of rotatable bonds is 7. The van der Waals surface area contributed by atoms with Gasteiger partial charge in [0.1, 0.15) is 5.75 Å². The summed E-state index contributed by atoms with van der Waals surface area (Å²) in [6.07, 6.45) is -1.17. The van der Waals surface area contributed by atoms with Crippen LogP contribution in [0.15, 0.2) is 65.2 Å². The molecule has 1 aromatic heterocycles. The first-order valence-electron chi connectivity index (χ1n) is 8.80. The highest BCUT2D eigenvalue weighted by Gasteiger charge is 2.28. The maximum Gasteiger partial charge on any atom is 0.378 e. The zero-order valence-corrected chi connectivity index (χ0v) is 15.5. The fourth-order valence-corrected chi connectivity index (χ4v) is 2.58. The summed E-state index contributed by atoms with van der Waals surface area (Å²) in [5.74, 6) is -0.825. The molecule has 0 aliphatic carbocycles. The van der Waals surface area contributed by atoms with Gasteiger partial charge >= 0.3 is 5.97 Å². The zero-order valence-electron chi connectivity index (χ0n) is 15.5. The second-order valence-electron chi connectivity index (χ2n) is 5.95. The zero-order chi connectivity index (χ0) is 19.9. The first-order chi connectivity index (χ1) is 13.6. The first kappa shape index (κ1) is 19.2. The van der Waals surface area contributed by atoms with E-state index in [1.807, 2.05) is 19.1 Å². The summed E-state index contributed by atoms with van der Waals surface area (Å²) in [6.45, 7) is 3.99. The molecule has 0 bridgehead atoms. The summed E-state index contributed by atoms with van der Waals surface area (Å²) >= 11 is 0. The molecule has 0 unspecified atom stereocenters. The van der Waals surface area contributed by atoms with Crippen molar-refractivity contribution < 1.29 is 23.6 Å². The maximum atomic E-state index is 13.0. The minimum Gasteiger partial charge on any atom is -0.492 e. The lowest BCUT2D eigenvalue weighted by molar-refractivity contribution is -0.125. The molecule has 1 amide bonds. The second-order valence-corrected chi connectivity index (χ2v) is 5.95. The molecule has 3 rings (SSSR count). The molecule has 0 aliphatic heterocycles. The Bertz CT molecular complexity index is 952. The third kappa shape index (κ3) is 4.56. The summed E-state index contributed by atoms with van der Waals surface area (Å²) in [7, 11) is 0. The number of carbonyl (C=O) groups is 2. The summed E-state index contributed by atoms with van der Waals surface area (Å²) in [5.41, 5.74) is 1.55. The lowest BCUT2D eigenvalue weighted by Gasteiger charge is -2.18. The highest BCUT2D eigenvalue weighted by molar-refractivity contribution is 5.98. The van der Waals surface area contributed by atoms with Crippen LogP contribution in [0, 0.1) is 6.92 Å². The van der Waals surface area contributed by atoms with Gasteiger partial charge in [0.25, 0.3) is 5.91 Å². The molecule has 7 nitrogen and oxygen atoms in total. The quantitative estimate of drug-likeness (QED) is 0.625. The Morgan fingerprint density at radius 1 is 1.11 bits per heavy atom. The van der Waals surface area contributed by atoms with Crippen molar-refractivity contribution in [1.82, 2.24) is 5.16 Å². The summed E-state index contributed by atoms with van der Waals surface area (Å²) < 4.78 is 15.9. The van der Waals surface area contributed by atoms with Crippen molar-refractivity contribution in [2.75, 3.05) is 11.9 Å². The number of para-hydroxylation sites is 2. The van der Waals surface area contributed by atoms with Crippen LogP contribution in [-0.4, -0.2) is 23.6 Å². The van der Waals surface area contributed by atoms with E-state index in [2.05, 4.69) is 10.5 Å². The van der Waals surface area contributed by atoms with Gasteiger partial charge in [-0.05, 0) is 26.0 Å². The predicted molar refractivity (Wildman–Crippen MR) is 102 cm³/mol. The largest absolute Gasteiger partial charge is 0.492 e. The van der Waals surface area contributed by atoms with Gasteiger partial charge in [-0.25, -0.2) is 4.79 Å². The van der Waals surface area contributed by atoms with Crippen LogP contribution in [-0.2, 0) is 9.53 Å². The van der Waals surface area contributed by atoms with Crippen LogP contribution in [0.3, 0.4) is 0 Å². The number of carbonyl (C=O) groups excluding carboxylic acids is 2. The van der Waals surface area contributed by atoms with Crippen molar-refractivity contribution in [3.8, 4) is 5.75 Å². The monoisotopic (exact) mass is 380 g/mol. The van der Waals surface area contributed by atoms with Crippen molar-refractivity contribution in [2.24, 2.45) is 0 Å². The van der Waals surface area contributed by atoms with Gasteiger partial charge in [0, 0.05) is 11.6 Å². The molecule has 144 valence electrons. The molecular weight excluding hydrogens is 360 g/mol. The Morgan fingerprint density at radius 3 is 2.50 bits per heavy atom. The normalized spacial score (nSPS) is 11.5. The van der Waals surface area contributed by atoms with E-state index in [-0.39, 0.29) is 5.76 Å². The lowest BCUT2D eigenvalue weighted by Crippen LogP contribution is -2.26. The average molecular weight is 380 g/mol. The Morgan fingerprint density at radius 2 is 1.82 bits per heavy atom. The van der Waals surface area contributed by atoms with Crippen molar-refractivity contribution in [1.29, 1.82) is 0 Å². The molecule has 0 saturated carbocycles. The van der Waals surface area contributed by atoms with Gasteiger partial charge in [0.15, 0.2) is 0 Å². The van der Waals surface area contributed by atoms with Crippen LogP contribution in [0.4, 0.5) is 5.69 Å². The topological polar surface area (TPSA) is 90.7 Å². The van der Waals surface area contributed by atoms with E-state index < -0.39 is 18.0 Å². The van der Waals surface area contributed by atoms with Crippen molar-refractivity contribution in [2.45, 2.75) is 20.0 Å². The highest BCUT2D eigenvalue weighted by atomic mass is 16.6. The number of anilines is 1. The van der Waals surface area contributed by atoms with Crippen LogP contribution >= 0.6 is 0 Å². The van der Waals surface area contributed by atoms with Crippen LogP contribution in [0.2, 0.25) is 0 Å². The third-order valence-electron chi connectivity index (χ3n) is 3.84. The lowest BCUT2D eigenvalue weighted by atomic mass is 10.1. The number of hydrogen-bond acceptors (Lipinski definition) is 6. The van der Waals surface area contributed by atoms with Gasteiger partial charge in [0.2, 0.25) is 11.9 Å². The molecule has 7 heteroatoms. The number of amides is 1. The van der Waals surface area contributed by atoms with Crippen molar-refractivity contribution in [3.63, 3.8) is 0 Å². The highest BCUT2D eigenvalue weighted by Crippen LogP contribution is 2.27. The van der Waals surface area contributed by atoms with E-state index in [1.54, 1.807) is 49.4 Å². The number of hydrogen-bond donors (Lipinski definition) is 1. The number of aromatic nitrogens is 1. The number of benzene rings is 2. The van der Waals surface area contributed by atoms with Crippen LogP contribution in [0.1, 0.15) is 34.8 Å². The molecule has 1 N–H and O–H groups in total. The number of aryl methyl sites for hydroxylation is 1. The van der Waals surface area contributed by atoms with Gasteiger partial charge in [-0.1, -0.05) is 47.6 Å². The molecule has 0 saturated heterocycles. The van der Waals surface area contributed by atoms with Crippen LogP contribution < -0.4 is 10.1 Å². The van der Waals surface area contributed by atoms with E-state index in [0.717, 1.165) is 0 Å². The Labute approximate surface area is 162 Å². The van der Waals surface area contributed by atoms with E-state index in [4.69, 9.17) is 14.0 Å². The Balaban J connectivity index is 1.85. The Kier molecular flexibility index (Phi) is 6.06. The molecular formula is C21H20N2O5. The summed E-state index contributed by atoms with van der Waals surface area (Å²) in [6, 6.07) is 17.2. The molecule has 3 aromatic rings. The molecule has 1 atom stereocenters. The number of nitrogens with zero attached hydrogens (tertiary/aromatic N) is 1. The maximum absolute atomic E-state index is 13.0. The number of esters is 1. The fourth-order valence-electron chi connectivity index (χ4n) is 2.58. The molecule has 2 aromatic carbocycles. The van der Waals surface area contributed by atoms with Gasteiger partial charge in [-0.3, -0.25) is 4.79 Å². The van der Waals surface area contributed by atoms with Gasteiger partial charge in [-0.15, -0.1) is 0 Å². The fraction of sp³-hybridized carbons (Fsp3) is 0.190. The molecule has 28 heavy (non-hydrogen) atoms. The summed E-state index contributed by atoms with van der Waals surface area (Å²) in [5, 5.41) is 6.44. The van der Waals surface area contributed by atoms with Crippen LogP contribution in [0.5, 0.6) is 5.75 Å². The van der Waals surface area contributed by atoms with Crippen LogP contribution in [0.25, 0.3) is 0 Å². The minimum atomic E-state index is -1.17. The van der Waals surface area contributed by atoms with Crippen molar-refractivity contribution >= 4 is 17.6 Å². The Hall–Kier alpha value is -3.61. The standard InChI is InChI=1S/C21H20N2O5/c1-3-26-17-12-8-7-11-16(17)22-20(24)19(15-9-5-4-6-10-15)27-21(25)18-13-14(2)23-28-18/h4-13,19H,3H2,1-2H3,(H,22,24)/t19-/m1/s1. The van der Waals surface area contributed by atoms with Gasteiger partial charge in [0.05, 0.1) is 18.0 Å². The van der Waals surface area contributed by atoms with E-state index >= 15 is 0 Å². The van der Waals surface area contributed by atoms with E-state index in [0.29, 0.717) is 29.3 Å². The van der Waals surface area contributed by atoms with Crippen molar-refractivity contribution in [3.05, 3.63) is 77.7 Å². The van der Waals surface area contributed by atoms with Gasteiger partial charge < -0.3 is 19.3 Å². The molecule has 0 aliphatic rings. The predicted octanol–water partition coefficient (Wildman–Crippen LogP) is 3.92. The second kappa shape index (κ2) is 8.85. The number of nitrogens with one attached hydrogen (secondary N) is 1. The smallest absolute Gasteiger partial charge is 0.378 e. The first-order valence-corrected chi connectivity index (χ1v) is 8.80. The SMILES string of the molecule is CCOc1ccccc1NC(=O)[C@H](OC(=O)c1cc(C)no1)c1ccccc1. The molecule has 0 spiro atoms. The average Bonchev–Trinajstić information content (AvgIpc) is 3.15. The summed E-state index contributed by atoms with van der Waals surface area (Å²) in [4.78, 5) is 25.4. The molecule has 1 heterocycles.